The molecule has 4 rings (SSSR count). The first-order valence-electron chi connectivity index (χ1n) is 10.2. The molecule has 1 atom stereocenters. The quantitative estimate of drug-likeness (QED) is 0.731. The number of carbonyl (C=O) groups is 2. The van der Waals surface area contributed by atoms with Crippen LogP contribution in [0.15, 0.2) is 35.0 Å². The molecule has 0 aliphatic carbocycles. The number of benzene rings is 1. The first-order chi connectivity index (χ1) is 14.2. The number of carbonyl (C=O) groups excluding carboxylic acids is 2. The molecule has 7 heteroatoms. The van der Waals surface area contributed by atoms with E-state index in [1.54, 1.807) is 6.07 Å². The zero-order valence-electron chi connectivity index (χ0n) is 16.4. The van der Waals surface area contributed by atoms with Gasteiger partial charge in [0.1, 0.15) is 0 Å². The highest BCUT2D eigenvalue weighted by molar-refractivity contribution is 7.08. The van der Waals surface area contributed by atoms with E-state index in [1.165, 1.54) is 11.3 Å². The molecular formula is C22H26N2O4S. The second kappa shape index (κ2) is 9.31. The molecule has 2 aromatic rings. The molecule has 1 N–H and O–H groups in total. The first kappa shape index (κ1) is 19.8. The number of fused-ring (bicyclic) bond motifs is 1. The van der Waals surface area contributed by atoms with Crippen LogP contribution < -0.4 is 14.8 Å². The molecule has 0 radical (unpaired) electrons. The number of amides is 2. The van der Waals surface area contributed by atoms with E-state index in [1.807, 2.05) is 33.9 Å². The Morgan fingerprint density at radius 1 is 1.14 bits per heavy atom. The molecule has 2 amide bonds. The van der Waals surface area contributed by atoms with Crippen molar-refractivity contribution in [2.45, 2.75) is 38.1 Å². The van der Waals surface area contributed by atoms with E-state index < -0.39 is 0 Å². The molecule has 1 aromatic heterocycles. The molecule has 3 heterocycles. The van der Waals surface area contributed by atoms with Crippen molar-refractivity contribution < 1.29 is 19.1 Å². The zero-order valence-corrected chi connectivity index (χ0v) is 17.2. The van der Waals surface area contributed by atoms with Crippen molar-refractivity contribution in [3.8, 4) is 11.5 Å². The van der Waals surface area contributed by atoms with Crippen molar-refractivity contribution in [3.05, 3.63) is 46.2 Å². The van der Waals surface area contributed by atoms with Crippen LogP contribution in [0.5, 0.6) is 11.5 Å². The van der Waals surface area contributed by atoms with E-state index in [-0.39, 0.29) is 17.9 Å². The van der Waals surface area contributed by atoms with Crippen LogP contribution in [0.25, 0.3) is 0 Å². The Morgan fingerprint density at radius 2 is 2.00 bits per heavy atom. The lowest BCUT2D eigenvalue weighted by Gasteiger charge is -2.26. The predicted molar refractivity (Wildman–Crippen MR) is 112 cm³/mol. The van der Waals surface area contributed by atoms with Gasteiger partial charge in [-0.2, -0.15) is 11.3 Å². The number of hydrogen-bond donors (Lipinski definition) is 1. The normalized spacial score (nSPS) is 18.3. The maximum atomic E-state index is 12.8. The minimum Gasteiger partial charge on any atom is -0.490 e. The summed E-state index contributed by atoms with van der Waals surface area (Å²) >= 11 is 1.50. The highest BCUT2D eigenvalue weighted by Gasteiger charge is 2.30. The maximum Gasteiger partial charge on any atom is 0.252 e. The van der Waals surface area contributed by atoms with E-state index in [0.717, 1.165) is 42.9 Å². The van der Waals surface area contributed by atoms with Gasteiger partial charge in [0.25, 0.3) is 5.91 Å². The summed E-state index contributed by atoms with van der Waals surface area (Å²) in [6, 6.07) is 7.91. The minimum absolute atomic E-state index is 0.0788. The average Bonchev–Trinajstić information content (AvgIpc) is 3.39. The first-order valence-corrected chi connectivity index (χ1v) is 11.2. The van der Waals surface area contributed by atoms with Crippen molar-refractivity contribution in [3.63, 3.8) is 0 Å². The van der Waals surface area contributed by atoms with Gasteiger partial charge < -0.3 is 19.7 Å². The third-order valence-electron chi connectivity index (χ3n) is 5.37. The molecule has 0 spiro atoms. The van der Waals surface area contributed by atoms with E-state index in [4.69, 9.17) is 9.47 Å². The SMILES string of the molecule is O=C(NCCCC(=O)N1CCC[C@H]1c1ccc2c(c1)OCCCO2)c1ccsc1. The number of ether oxygens (including phenoxy) is 2. The summed E-state index contributed by atoms with van der Waals surface area (Å²) in [5.74, 6) is 1.62. The largest absolute Gasteiger partial charge is 0.490 e. The van der Waals surface area contributed by atoms with Crippen molar-refractivity contribution >= 4 is 23.2 Å². The molecule has 0 saturated carbocycles. The van der Waals surface area contributed by atoms with Crippen molar-refractivity contribution in [2.24, 2.45) is 0 Å². The Kier molecular flexibility index (Phi) is 6.34. The lowest BCUT2D eigenvalue weighted by atomic mass is 10.0. The van der Waals surface area contributed by atoms with Crippen LogP contribution in [0.3, 0.4) is 0 Å². The maximum absolute atomic E-state index is 12.8. The van der Waals surface area contributed by atoms with Gasteiger partial charge in [0.2, 0.25) is 5.91 Å². The Labute approximate surface area is 174 Å². The number of likely N-dealkylation sites (tertiary alicyclic amines) is 1. The van der Waals surface area contributed by atoms with Gasteiger partial charge in [0.05, 0.1) is 19.3 Å². The Hall–Kier alpha value is -2.54. The molecule has 154 valence electrons. The average molecular weight is 415 g/mol. The third-order valence-corrected chi connectivity index (χ3v) is 6.05. The van der Waals surface area contributed by atoms with Gasteiger partial charge in [0.15, 0.2) is 11.5 Å². The van der Waals surface area contributed by atoms with E-state index in [0.29, 0.717) is 38.2 Å². The summed E-state index contributed by atoms with van der Waals surface area (Å²) in [6.45, 7) is 2.60. The van der Waals surface area contributed by atoms with Crippen LogP contribution in [0.4, 0.5) is 0 Å². The fourth-order valence-electron chi connectivity index (χ4n) is 3.88. The molecule has 29 heavy (non-hydrogen) atoms. The van der Waals surface area contributed by atoms with Gasteiger partial charge in [-0.05, 0) is 48.4 Å². The van der Waals surface area contributed by atoms with Crippen LogP contribution >= 0.6 is 11.3 Å². The van der Waals surface area contributed by atoms with E-state index >= 15 is 0 Å². The smallest absolute Gasteiger partial charge is 0.252 e. The summed E-state index contributed by atoms with van der Waals surface area (Å²) in [7, 11) is 0. The minimum atomic E-state index is -0.0788. The fourth-order valence-corrected chi connectivity index (χ4v) is 4.52. The fraction of sp³-hybridized carbons (Fsp3) is 0.455. The van der Waals surface area contributed by atoms with Crippen LogP contribution in [0, 0.1) is 0 Å². The van der Waals surface area contributed by atoms with Gasteiger partial charge in [-0.3, -0.25) is 9.59 Å². The van der Waals surface area contributed by atoms with Gasteiger partial charge in [-0.1, -0.05) is 6.07 Å². The molecular weight excluding hydrogens is 388 g/mol. The highest BCUT2D eigenvalue weighted by atomic mass is 32.1. The highest BCUT2D eigenvalue weighted by Crippen LogP contribution is 2.38. The third kappa shape index (κ3) is 4.72. The van der Waals surface area contributed by atoms with Crippen LogP contribution in [0.2, 0.25) is 0 Å². The summed E-state index contributed by atoms with van der Waals surface area (Å²) in [5.41, 5.74) is 1.78. The lowest BCUT2D eigenvalue weighted by Crippen LogP contribution is -2.31. The van der Waals surface area contributed by atoms with Crippen molar-refractivity contribution in [2.75, 3.05) is 26.3 Å². The van der Waals surface area contributed by atoms with Gasteiger partial charge in [-0.25, -0.2) is 0 Å². The summed E-state index contributed by atoms with van der Waals surface area (Å²) < 4.78 is 11.5. The van der Waals surface area contributed by atoms with Crippen molar-refractivity contribution in [1.29, 1.82) is 0 Å². The monoisotopic (exact) mass is 414 g/mol. The summed E-state index contributed by atoms with van der Waals surface area (Å²) in [4.78, 5) is 26.7. The molecule has 0 unspecified atom stereocenters. The van der Waals surface area contributed by atoms with Crippen LogP contribution in [-0.2, 0) is 4.79 Å². The second-order valence-electron chi connectivity index (χ2n) is 7.37. The summed E-state index contributed by atoms with van der Waals surface area (Å²) in [5, 5.41) is 6.59. The standard InChI is InChI=1S/C22H26N2O4S/c25-21(5-1-9-23-22(26)17-8-13-29-15-17)24-10-2-4-18(24)16-6-7-19-20(14-16)28-12-3-11-27-19/h6-8,13-15,18H,1-5,9-12H2,(H,23,26)/t18-/m0/s1. The Bertz CT molecular complexity index is 853. The Balaban J connectivity index is 1.31. The number of hydrogen-bond acceptors (Lipinski definition) is 5. The number of nitrogens with zero attached hydrogens (tertiary/aromatic N) is 1. The van der Waals surface area contributed by atoms with E-state index in [2.05, 4.69) is 5.32 Å². The molecule has 1 fully saturated rings. The van der Waals surface area contributed by atoms with Gasteiger partial charge in [0, 0.05) is 36.9 Å². The predicted octanol–water partition coefficient (Wildman–Crippen LogP) is 3.78. The number of rotatable bonds is 6. The number of nitrogens with one attached hydrogen (secondary N) is 1. The molecule has 2 aliphatic heterocycles. The molecule has 1 aromatic carbocycles. The van der Waals surface area contributed by atoms with Crippen molar-refractivity contribution in [1.82, 2.24) is 10.2 Å². The Morgan fingerprint density at radius 3 is 2.83 bits per heavy atom. The van der Waals surface area contributed by atoms with Gasteiger partial charge >= 0.3 is 0 Å². The second-order valence-corrected chi connectivity index (χ2v) is 8.15. The molecule has 6 nitrogen and oxygen atoms in total. The van der Waals surface area contributed by atoms with E-state index in [9.17, 15) is 9.59 Å². The van der Waals surface area contributed by atoms with Crippen LogP contribution in [0.1, 0.15) is 54.1 Å². The zero-order chi connectivity index (χ0) is 20.1. The van der Waals surface area contributed by atoms with Crippen LogP contribution in [-0.4, -0.2) is 43.0 Å². The lowest BCUT2D eigenvalue weighted by molar-refractivity contribution is -0.132. The van der Waals surface area contributed by atoms with Gasteiger partial charge in [-0.15, -0.1) is 0 Å². The molecule has 0 bridgehead atoms. The molecule has 1 saturated heterocycles. The topological polar surface area (TPSA) is 67.9 Å². The number of thiophene rings is 1. The summed E-state index contributed by atoms with van der Waals surface area (Å²) in [6.07, 6.45) is 3.91. The molecule has 2 aliphatic rings.